The summed E-state index contributed by atoms with van der Waals surface area (Å²) in [6, 6.07) is 6.67. The average molecular weight is 260 g/mol. The van der Waals surface area contributed by atoms with Gasteiger partial charge in [-0.05, 0) is 39.3 Å². The normalized spacial score (nSPS) is 17.0. The highest BCUT2D eigenvalue weighted by Gasteiger charge is 2.24. The zero-order valence-electron chi connectivity index (χ0n) is 12.4. The molecule has 0 radical (unpaired) electrons. The van der Waals surface area contributed by atoms with Gasteiger partial charge in [0.05, 0.1) is 0 Å². The Morgan fingerprint density at radius 3 is 2.32 bits per heavy atom. The monoisotopic (exact) mass is 260 g/mol. The van der Waals surface area contributed by atoms with E-state index in [9.17, 15) is 4.79 Å². The molecular weight excluding hydrogens is 236 g/mol. The largest absolute Gasteiger partial charge is 0.336 e. The van der Waals surface area contributed by atoms with Crippen LogP contribution in [0.1, 0.15) is 35.3 Å². The molecule has 0 unspecified atom stereocenters. The van der Waals surface area contributed by atoms with Crippen molar-refractivity contribution >= 4 is 5.91 Å². The molecule has 3 heteroatoms. The smallest absolute Gasteiger partial charge is 0.254 e. The maximum Gasteiger partial charge on any atom is 0.254 e. The summed E-state index contributed by atoms with van der Waals surface area (Å²) in [5.74, 6) is 0.185. The van der Waals surface area contributed by atoms with Gasteiger partial charge in [0.2, 0.25) is 0 Å². The molecule has 1 fully saturated rings. The summed E-state index contributed by atoms with van der Waals surface area (Å²) in [6.07, 6.45) is 0. The van der Waals surface area contributed by atoms with Crippen molar-refractivity contribution in [2.75, 3.05) is 26.2 Å². The molecule has 1 amide bonds. The SMILES string of the molecule is Cc1ccc(C)c(C(=O)N2CCN(C(C)C)CC2)c1. The lowest BCUT2D eigenvalue weighted by molar-refractivity contribution is 0.0594. The zero-order valence-corrected chi connectivity index (χ0v) is 12.4. The Balaban J connectivity index is 2.07. The quantitative estimate of drug-likeness (QED) is 0.815. The Labute approximate surface area is 116 Å². The third-order valence-corrected chi connectivity index (χ3v) is 3.96. The summed E-state index contributed by atoms with van der Waals surface area (Å²) in [5.41, 5.74) is 3.08. The first-order valence-corrected chi connectivity index (χ1v) is 7.09. The molecule has 19 heavy (non-hydrogen) atoms. The van der Waals surface area contributed by atoms with E-state index < -0.39 is 0 Å². The third kappa shape index (κ3) is 3.16. The number of piperazine rings is 1. The molecule has 3 nitrogen and oxygen atoms in total. The molecule has 0 N–H and O–H groups in total. The summed E-state index contributed by atoms with van der Waals surface area (Å²) in [5, 5.41) is 0. The fourth-order valence-corrected chi connectivity index (χ4v) is 2.58. The second-order valence-corrected chi connectivity index (χ2v) is 5.74. The van der Waals surface area contributed by atoms with Gasteiger partial charge in [-0.3, -0.25) is 9.69 Å². The molecule has 0 bridgehead atoms. The topological polar surface area (TPSA) is 23.6 Å². The van der Waals surface area contributed by atoms with Gasteiger partial charge in [-0.25, -0.2) is 0 Å². The van der Waals surface area contributed by atoms with Crippen LogP contribution in [0.4, 0.5) is 0 Å². The Kier molecular flexibility index (Phi) is 4.25. The maximum absolute atomic E-state index is 12.6. The molecule has 0 spiro atoms. The van der Waals surface area contributed by atoms with Crippen molar-refractivity contribution in [2.45, 2.75) is 33.7 Å². The lowest BCUT2D eigenvalue weighted by atomic mass is 10.0. The number of carbonyl (C=O) groups is 1. The van der Waals surface area contributed by atoms with Gasteiger partial charge in [0.1, 0.15) is 0 Å². The van der Waals surface area contributed by atoms with Crippen molar-refractivity contribution in [1.82, 2.24) is 9.80 Å². The van der Waals surface area contributed by atoms with E-state index in [1.54, 1.807) is 0 Å². The van der Waals surface area contributed by atoms with Crippen LogP contribution < -0.4 is 0 Å². The van der Waals surface area contributed by atoms with E-state index in [1.807, 2.05) is 30.9 Å². The van der Waals surface area contributed by atoms with Gasteiger partial charge in [-0.2, -0.15) is 0 Å². The minimum absolute atomic E-state index is 0.185. The molecule has 1 aromatic carbocycles. The van der Waals surface area contributed by atoms with Crippen molar-refractivity contribution < 1.29 is 4.79 Å². The van der Waals surface area contributed by atoms with Crippen molar-refractivity contribution in [3.63, 3.8) is 0 Å². The van der Waals surface area contributed by atoms with Gasteiger partial charge in [0.15, 0.2) is 0 Å². The van der Waals surface area contributed by atoms with Crippen LogP contribution >= 0.6 is 0 Å². The number of hydrogen-bond donors (Lipinski definition) is 0. The first-order chi connectivity index (χ1) is 8.99. The Bertz CT molecular complexity index is 460. The van der Waals surface area contributed by atoms with Gasteiger partial charge in [-0.15, -0.1) is 0 Å². The molecule has 0 aliphatic carbocycles. The molecule has 1 aliphatic rings. The third-order valence-electron chi connectivity index (χ3n) is 3.96. The minimum Gasteiger partial charge on any atom is -0.336 e. The number of rotatable bonds is 2. The van der Waals surface area contributed by atoms with E-state index in [4.69, 9.17) is 0 Å². The van der Waals surface area contributed by atoms with Gasteiger partial charge in [0, 0.05) is 37.8 Å². The van der Waals surface area contributed by atoms with Crippen molar-refractivity contribution in [1.29, 1.82) is 0 Å². The molecule has 0 saturated carbocycles. The molecule has 0 atom stereocenters. The highest BCUT2D eigenvalue weighted by Crippen LogP contribution is 2.15. The Hall–Kier alpha value is -1.35. The number of hydrogen-bond acceptors (Lipinski definition) is 2. The van der Waals surface area contributed by atoms with Crippen LogP contribution in [-0.4, -0.2) is 47.9 Å². The second kappa shape index (κ2) is 5.74. The fraction of sp³-hybridized carbons (Fsp3) is 0.562. The molecule has 1 heterocycles. The van der Waals surface area contributed by atoms with Gasteiger partial charge >= 0.3 is 0 Å². The lowest BCUT2D eigenvalue weighted by Gasteiger charge is -2.37. The highest BCUT2D eigenvalue weighted by molar-refractivity contribution is 5.95. The van der Waals surface area contributed by atoms with Crippen LogP contribution in [-0.2, 0) is 0 Å². The van der Waals surface area contributed by atoms with E-state index in [0.29, 0.717) is 6.04 Å². The molecular formula is C16H24N2O. The summed E-state index contributed by atoms with van der Waals surface area (Å²) >= 11 is 0. The molecule has 104 valence electrons. The van der Waals surface area contributed by atoms with Crippen LogP contribution in [0.25, 0.3) is 0 Å². The zero-order chi connectivity index (χ0) is 14.0. The van der Waals surface area contributed by atoms with E-state index in [2.05, 4.69) is 24.8 Å². The number of amides is 1. The summed E-state index contributed by atoms with van der Waals surface area (Å²) < 4.78 is 0. The first kappa shape index (κ1) is 14.1. The molecule has 1 aromatic rings. The summed E-state index contributed by atoms with van der Waals surface area (Å²) in [6.45, 7) is 12.1. The molecule has 1 saturated heterocycles. The number of nitrogens with zero attached hydrogens (tertiary/aromatic N) is 2. The molecule has 2 rings (SSSR count). The van der Waals surface area contributed by atoms with Crippen LogP contribution in [0.3, 0.4) is 0 Å². The Morgan fingerprint density at radius 1 is 1.11 bits per heavy atom. The fourth-order valence-electron chi connectivity index (χ4n) is 2.58. The van der Waals surface area contributed by atoms with E-state index in [0.717, 1.165) is 42.9 Å². The predicted octanol–water partition coefficient (Wildman–Crippen LogP) is 2.47. The number of aryl methyl sites for hydroxylation is 2. The molecule has 0 aromatic heterocycles. The second-order valence-electron chi connectivity index (χ2n) is 5.74. The van der Waals surface area contributed by atoms with Gasteiger partial charge in [0.25, 0.3) is 5.91 Å². The van der Waals surface area contributed by atoms with Crippen LogP contribution in [0.15, 0.2) is 18.2 Å². The first-order valence-electron chi connectivity index (χ1n) is 7.09. The molecule has 1 aliphatic heterocycles. The van der Waals surface area contributed by atoms with Crippen molar-refractivity contribution in [3.05, 3.63) is 34.9 Å². The van der Waals surface area contributed by atoms with E-state index in [1.165, 1.54) is 0 Å². The van der Waals surface area contributed by atoms with E-state index in [-0.39, 0.29) is 5.91 Å². The number of carbonyl (C=O) groups excluding carboxylic acids is 1. The highest BCUT2D eigenvalue weighted by atomic mass is 16.2. The van der Waals surface area contributed by atoms with Crippen molar-refractivity contribution in [3.8, 4) is 0 Å². The lowest BCUT2D eigenvalue weighted by Crippen LogP contribution is -2.50. The van der Waals surface area contributed by atoms with Gasteiger partial charge in [-0.1, -0.05) is 17.7 Å². The minimum atomic E-state index is 0.185. The van der Waals surface area contributed by atoms with Crippen LogP contribution in [0.5, 0.6) is 0 Å². The summed E-state index contributed by atoms with van der Waals surface area (Å²) in [4.78, 5) is 17.0. The van der Waals surface area contributed by atoms with Crippen molar-refractivity contribution in [2.24, 2.45) is 0 Å². The Morgan fingerprint density at radius 2 is 1.74 bits per heavy atom. The van der Waals surface area contributed by atoms with Gasteiger partial charge < -0.3 is 4.90 Å². The van der Waals surface area contributed by atoms with E-state index >= 15 is 0 Å². The maximum atomic E-state index is 12.6. The number of benzene rings is 1. The standard InChI is InChI=1S/C16H24N2O/c1-12(2)17-7-9-18(10-8-17)16(19)15-11-13(3)5-6-14(15)4/h5-6,11-12H,7-10H2,1-4H3. The summed E-state index contributed by atoms with van der Waals surface area (Å²) in [7, 11) is 0. The van der Waals surface area contributed by atoms with Crippen LogP contribution in [0, 0.1) is 13.8 Å². The predicted molar refractivity (Wildman–Crippen MR) is 78.5 cm³/mol. The van der Waals surface area contributed by atoms with Crippen LogP contribution in [0.2, 0.25) is 0 Å². The average Bonchev–Trinajstić information content (AvgIpc) is 2.41.